The zero-order valence-corrected chi connectivity index (χ0v) is 5.85. The molecular formula is C6H14NO. The molecule has 0 saturated heterocycles. The molecule has 1 radical (unpaired) electrons. The number of ether oxygens (including phenoxy) is 1. The Labute approximate surface area is 51.2 Å². The largest absolute Gasteiger partial charge is 0.383 e. The van der Waals surface area contributed by atoms with Crippen LogP contribution in [0.25, 0.3) is 0 Å². The molecule has 0 atom stereocenters. The molecule has 0 rings (SSSR count). The third kappa shape index (κ3) is 5.92. The van der Waals surface area contributed by atoms with Gasteiger partial charge in [0.05, 0.1) is 6.61 Å². The molecular weight excluding hydrogens is 102 g/mol. The van der Waals surface area contributed by atoms with Crippen LogP contribution in [0.3, 0.4) is 0 Å². The first-order valence-corrected chi connectivity index (χ1v) is 2.93. The smallest absolute Gasteiger partial charge is 0.0603 e. The highest BCUT2D eigenvalue weighted by molar-refractivity contribution is 4.49. The molecule has 0 amide bonds. The molecule has 0 aliphatic heterocycles. The van der Waals surface area contributed by atoms with Crippen molar-refractivity contribution in [2.75, 3.05) is 20.3 Å². The van der Waals surface area contributed by atoms with Gasteiger partial charge < -0.3 is 4.74 Å². The zero-order chi connectivity index (χ0) is 6.41. The number of rotatable bonds is 4. The van der Waals surface area contributed by atoms with E-state index in [0.29, 0.717) is 6.04 Å². The van der Waals surface area contributed by atoms with Crippen molar-refractivity contribution in [1.29, 1.82) is 0 Å². The highest BCUT2D eigenvalue weighted by Gasteiger charge is 1.90. The molecule has 0 saturated carbocycles. The van der Waals surface area contributed by atoms with E-state index in [-0.39, 0.29) is 0 Å². The first-order chi connectivity index (χ1) is 3.77. The molecule has 0 bridgehead atoms. The summed E-state index contributed by atoms with van der Waals surface area (Å²) in [6.07, 6.45) is 0. The van der Waals surface area contributed by atoms with E-state index in [1.54, 1.807) is 7.11 Å². The van der Waals surface area contributed by atoms with Crippen LogP contribution in [0.5, 0.6) is 0 Å². The molecule has 8 heavy (non-hydrogen) atoms. The lowest BCUT2D eigenvalue weighted by Gasteiger charge is -2.02. The SMILES string of the molecule is COCC[N]C(C)C. The Morgan fingerprint density at radius 3 is 2.50 bits per heavy atom. The minimum atomic E-state index is 0.449. The molecule has 0 aliphatic rings. The predicted molar refractivity (Wildman–Crippen MR) is 34.0 cm³/mol. The van der Waals surface area contributed by atoms with E-state index in [1.165, 1.54) is 0 Å². The fourth-order valence-electron chi connectivity index (χ4n) is 0.402. The number of nitrogens with zero attached hydrogens (tertiary/aromatic N) is 1. The minimum absolute atomic E-state index is 0.449. The van der Waals surface area contributed by atoms with Gasteiger partial charge in [-0.25, -0.2) is 5.32 Å². The second-order valence-corrected chi connectivity index (χ2v) is 1.99. The molecule has 2 heteroatoms. The Balaban J connectivity index is 2.72. The van der Waals surface area contributed by atoms with Crippen LogP contribution in [0.2, 0.25) is 0 Å². The van der Waals surface area contributed by atoms with Gasteiger partial charge in [0, 0.05) is 19.7 Å². The van der Waals surface area contributed by atoms with Crippen molar-refractivity contribution in [3.05, 3.63) is 0 Å². The minimum Gasteiger partial charge on any atom is -0.383 e. The maximum Gasteiger partial charge on any atom is 0.0603 e. The van der Waals surface area contributed by atoms with E-state index in [2.05, 4.69) is 19.2 Å². The van der Waals surface area contributed by atoms with E-state index in [4.69, 9.17) is 4.74 Å². The van der Waals surface area contributed by atoms with E-state index in [9.17, 15) is 0 Å². The molecule has 0 N–H and O–H groups in total. The number of hydrogen-bond donors (Lipinski definition) is 0. The third-order valence-electron chi connectivity index (χ3n) is 0.790. The zero-order valence-electron chi connectivity index (χ0n) is 5.85. The standard InChI is InChI=1S/C6H14NO/c1-6(2)7-4-5-8-3/h6H,4-5H2,1-3H3. The molecule has 0 unspecified atom stereocenters. The molecule has 2 nitrogen and oxygen atoms in total. The fourth-order valence-corrected chi connectivity index (χ4v) is 0.402. The molecule has 0 spiro atoms. The second kappa shape index (κ2) is 5.06. The quantitative estimate of drug-likeness (QED) is 0.494. The van der Waals surface area contributed by atoms with Crippen LogP contribution < -0.4 is 5.32 Å². The Kier molecular flexibility index (Phi) is 5.01. The number of methoxy groups -OCH3 is 1. The van der Waals surface area contributed by atoms with Gasteiger partial charge in [-0.2, -0.15) is 0 Å². The van der Waals surface area contributed by atoms with Crippen molar-refractivity contribution in [2.45, 2.75) is 19.9 Å². The molecule has 0 heterocycles. The van der Waals surface area contributed by atoms with Crippen molar-refractivity contribution in [1.82, 2.24) is 5.32 Å². The predicted octanol–water partition coefficient (Wildman–Crippen LogP) is 0.646. The Morgan fingerprint density at radius 1 is 1.50 bits per heavy atom. The second-order valence-electron chi connectivity index (χ2n) is 1.99. The van der Waals surface area contributed by atoms with Crippen LogP contribution in [0, 0.1) is 0 Å². The maximum atomic E-state index is 4.80. The van der Waals surface area contributed by atoms with E-state index in [1.807, 2.05) is 0 Å². The molecule has 0 aromatic rings. The summed E-state index contributed by atoms with van der Waals surface area (Å²) in [6, 6.07) is 0.449. The first-order valence-electron chi connectivity index (χ1n) is 2.93. The van der Waals surface area contributed by atoms with Crippen molar-refractivity contribution in [3.8, 4) is 0 Å². The monoisotopic (exact) mass is 116 g/mol. The summed E-state index contributed by atoms with van der Waals surface area (Å²) >= 11 is 0. The summed E-state index contributed by atoms with van der Waals surface area (Å²) < 4.78 is 4.80. The lowest BCUT2D eigenvalue weighted by molar-refractivity contribution is 0.196. The Bertz CT molecular complexity index is 45.8. The van der Waals surface area contributed by atoms with Gasteiger partial charge in [0.1, 0.15) is 0 Å². The summed E-state index contributed by atoms with van der Waals surface area (Å²) in [5.74, 6) is 0. The summed E-state index contributed by atoms with van der Waals surface area (Å²) in [6.45, 7) is 5.71. The molecule has 0 fully saturated rings. The average Bonchev–Trinajstić information content (AvgIpc) is 1.66. The van der Waals surface area contributed by atoms with Gasteiger partial charge in [-0.15, -0.1) is 0 Å². The molecule has 0 aromatic heterocycles. The van der Waals surface area contributed by atoms with Crippen molar-refractivity contribution >= 4 is 0 Å². The van der Waals surface area contributed by atoms with Gasteiger partial charge in [0.15, 0.2) is 0 Å². The number of hydrogen-bond acceptors (Lipinski definition) is 1. The van der Waals surface area contributed by atoms with Gasteiger partial charge in [-0.05, 0) is 13.8 Å². The summed E-state index contributed by atoms with van der Waals surface area (Å²) in [7, 11) is 1.69. The fraction of sp³-hybridized carbons (Fsp3) is 1.00. The summed E-state index contributed by atoms with van der Waals surface area (Å²) in [4.78, 5) is 0. The Morgan fingerprint density at radius 2 is 2.12 bits per heavy atom. The van der Waals surface area contributed by atoms with Crippen molar-refractivity contribution < 1.29 is 4.74 Å². The van der Waals surface area contributed by atoms with Crippen LogP contribution in [0.4, 0.5) is 0 Å². The lowest BCUT2D eigenvalue weighted by Crippen LogP contribution is -2.18. The van der Waals surface area contributed by atoms with E-state index in [0.717, 1.165) is 13.2 Å². The van der Waals surface area contributed by atoms with Gasteiger partial charge >= 0.3 is 0 Å². The highest BCUT2D eigenvalue weighted by Crippen LogP contribution is 1.77. The van der Waals surface area contributed by atoms with Gasteiger partial charge in [0.2, 0.25) is 0 Å². The molecule has 49 valence electrons. The van der Waals surface area contributed by atoms with Crippen LogP contribution in [0.15, 0.2) is 0 Å². The van der Waals surface area contributed by atoms with Crippen LogP contribution in [0.1, 0.15) is 13.8 Å². The third-order valence-corrected chi connectivity index (χ3v) is 0.790. The van der Waals surface area contributed by atoms with Gasteiger partial charge in [0.25, 0.3) is 0 Å². The lowest BCUT2D eigenvalue weighted by atomic mass is 10.4. The van der Waals surface area contributed by atoms with Crippen LogP contribution in [-0.2, 0) is 4.74 Å². The van der Waals surface area contributed by atoms with E-state index < -0.39 is 0 Å². The van der Waals surface area contributed by atoms with Crippen molar-refractivity contribution in [3.63, 3.8) is 0 Å². The highest BCUT2D eigenvalue weighted by atomic mass is 16.5. The van der Waals surface area contributed by atoms with Crippen LogP contribution in [-0.4, -0.2) is 26.3 Å². The van der Waals surface area contributed by atoms with Crippen LogP contribution >= 0.6 is 0 Å². The average molecular weight is 116 g/mol. The normalized spacial score (nSPS) is 10.5. The molecule has 0 aromatic carbocycles. The summed E-state index contributed by atoms with van der Waals surface area (Å²) in [5.41, 5.74) is 0. The molecule has 0 aliphatic carbocycles. The topological polar surface area (TPSA) is 23.3 Å². The Hall–Kier alpha value is -0.0800. The first kappa shape index (κ1) is 7.92. The van der Waals surface area contributed by atoms with Gasteiger partial charge in [-0.1, -0.05) is 0 Å². The van der Waals surface area contributed by atoms with Crippen molar-refractivity contribution in [2.24, 2.45) is 0 Å². The van der Waals surface area contributed by atoms with Gasteiger partial charge in [-0.3, -0.25) is 0 Å². The maximum absolute atomic E-state index is 4.80. The van der Waals surface area contributed by atoms with E-state index >= 15 is 0 Å². The summed E-state index contributed by atoms with van der Waals surface area (Å²) in [5, 5.41) is 4.19.